The number of carbonyl (C=O) groups excluding carboxylic acids is 1. The molecule has 0 radical (unpaired) electrons. The fraction of sp³-hybridized carbons (Fsp3) is 0.556. The molecule has 1 aliphatic carbocycles. The van der Waals surface area contributed by atoms with Gasteiger partial charge in [-0.15, -0.1) is 0 Å². The molecule has 0 bridgehead atoms. The number of aryl methyl sites for hydroxylation is 3. The van der Waals surface area contributed by atoms with Crippen LogP contribution in [0.3, 0.4) is 0 Å². The zero-order valence-corrected chi connectivity index (χ0v) is 15.0. The van der Waals surface area contributed by atoms with E-state index in [2.05, 4.69) is 5.32 Å². The average molecular weight is 369 g/mol. The maximum absolute atomic E-state index is 12.8. The van der Waals surface area contributed by atoms with Crippen molar-refractivity contribution in [2.45, 2.75) is 44.8 Å². The molecular weight excluding hydrogens is 347 g/mol. The van der Waals surface area contributed by atoms with Crippen LogP contribution in [0.4, 0.5) is 13.2 Å². The van der Waals surface area contributed by atoms with Gasteiger partial charge in [-0.25, -0.2) is 0 Å². The lowest BCUT2D eigenvalue weighted by atomic mass is 9.85. The molecule has 0 unspecified atom stereocenters. The lowest BCUT2D eigenvalue weighted by Gasteiger charge is -2.30. The van der Waals surface area contributed by atoms with Crippen LogP contribution in [-0.4, -0.2) is 27.3 Å². The van der Waals surface area contributed by atoms with E-state index >= 15 is 0 Å². The second kappa shape index (κ2) is 6.48. The minimum absolute atomic E-state index is 0.0187. The zero-order chi connectivity index (χ0) is 19.2. The van der Waals surface area contributed by atoms with E-state index in [9.17, 15) is 22.8 Å². The number of alkyl halides is 3. The maximum Gasteiger partial charge on any atom is 0.391 e. The number of nitrogens with one attached hydrogen (secondary N) is 1. The third-order valence-electron chi connectivity index (χ3n) is 5.25. The first-order valence-corrected chi connectivity index (χ1v) is 8.62. The molecule has 2 heterocycles. The minimum Gasteiger partial charge on any atom is -0.349 e. The van der Waals surface area contributed by atoms with E-state index in [1.165, 1.54) is 4.57 Å². The van der Waals surface area contributed by atoms with Crippen molar-refractivity contribution in [3.8, 4) is 0 Å². The highest BCUT2D eigenvalue weighted by atomic mass is 19.4. The van der Waals surface area contributed by atoms with Gasteiger partial charge in [0.25, 0.3) is 11.5 Å². The monoisotopic (exact) mass is 369 g/mol. The van der Waals surface area contributed by atoms with Crippen LogP contribution in [-0.2, 0) is 14.1 Å². The van der Waals surface area contributed by atoms with Crippen molar-refractivity contribution in [3.63, 3.8) is 0 Å². The predicted molar refractivity (Wildman–Crippen MR) is 92.2 cm³/mol. The number of nitrogens with zero attached hydrogens (tertiary/aromatic N) is 2. The Morgan fingerprint density at radius 2 is 1.73 bits per heavy atom. The van der Waals surface area contributed by atoms with Gasteiger partial charge in [0, 0.05) is 32.5 Å². The molecule has 5 nitrogen and oxygen atoms in total. The van der Waals surface area contributed by atoms with E-state index in [0.29, 0.717) is 10.9 Å². The molecule has 1 amide bonds. The van der Waals surface area contributed by atoms with Gasteiger partial charge in [-0.05, 0) is 38.2 Å². The summed E-state index contributed by atoms with van der Waals surface area (Å²) >= 11 is 0. The summed E-state index contributed by atoms with van der Waals surface area (Å²) in [6.07, 6.45) is -0.236. The van der Waals surface area contributed by atoms with E-state index < -0.39 is 18.0 Å². The first kappa shape index (κ1) is 18.5. The van der Waals surface area contributed by atoms with Crippen molar-refractivity contribution in [1.82, 2.24) is 14.5 Å². The molecule has 2 aromatic heterocycles. The summed E-state index contributed by atoms with van der Waals surface area (Å²) in [7, 11) is 3.39. The molecule has 1 saturated carbocycles. The Labute approximate surface area is 148 Å². The summed E-state index contributed by atoms with van der Waals surface area (Å²) in [6, 6.07) is -0.301. The van der Waals surface area contributed by atoms with Gasteiger partial charge < -0.3 is 14.5 Å². The van der Waals surface area contributed by atoms with E-state index in [0.717, 1.165) is 5.56 Å². The summed E-state index contributed by atoms with van der Waals surface area (Å²) in [5.74, 6) is -1.70. The largest absolute Gasteiger partial charge is 0.391 e. The normalized spacial score (nSPS) is 21.2. The second-order valence-corrected chi connectivity index (χ2v) is 7.17. The van der Waals surface area contributed by atoms with Crippen molar-refractivity contribution in [1.29, 1.82) is 0 Å². The van der Waals surface area contributed by atoms with Gasteiger partial charge >= 0.3 is 6.18 Å². The van der Waals surface area contributed by atoms with Crippen LogP contribution in [0.2, 0.25) is 0 Å². The molecule has 0 spiro atoms. The fourth-order valence-electron chi connectivity index (χ4n) is 3.91. The molecule has 0 aromatic carbocycles. The van der Waals surface area contributed by atoms with Gasteiger partial charge in [0.2, 0.25) is 0 Å². The SMILES string of the molecule is Cc1cn(C)c(=O)c2c(C(=O)NC3CCC(C(F)(F)F)CC3)cn(C)c12. The Kier molecular flexibility index (Phi) is 4.62. The van der Waals surface area contributed by atoms with Gasteiger partial charge in [0.05, 0.1) is 22.4 Å². The van der Waals surface area contributed by atoms with Crippen molar-refractivity contribution in [2.75, 3.05) is 0 Å². The molecule has 8 heteroatoms. The van der Waals surface area contributed by atoms with Crippen LogP contribution in [0.1, 0.15) is 41.6 Å². The lowest BCUT2D eigenvalue weighted by Crippen LogP contribution is -2.40. The Morgan fingerprint density at radius 1 is 1.12 bits per heavy atom. The number of pyridine rings is 1. The quantitative estimate of drug-likeness (QED) is 0.885. The van der Waals surface area contributed by atoms with Crippen LogP contribution >= 0.6 is 0 Å². The fourth-order valence-corrected chi connectivity index (χ4v) is 3.91. The third kappa shape index (κ3) is 3.24. The van der Waals surface area contributed by atoms with Crippen LogP contribution in [0.5, 0.6) is 0 Å². The maximum atomic E-state index is 12.8. The topological polar surface area (TPSA) is 56.0 Å². The summed E-state index contributed by atoms with van der Waals surface area (Å²) in [5, 5.41) is 3.15. The van der Waals surface area contributed by atoms with Crippen molar-refractivity contribution < 1.29 is 18.0 Å². The standard InChI is InChI=1S/C18H22F3N3O2/c1-10-8-24(3)17(26)14-13(9-23(2)15(10)14)16(25)22-12-6-4-11(5-7-12)18(19,20)21/h8-9,11-12H,4-7H2,1-3H3,(H,22,25). The number of rotatable bonds is 2. The molecule has 1 aliphatic rings. The van der Waals surface area contributed by atoms with E-state index in [-0.39, 0.29) is 42.8 Å². The van der Waals surface area contributed by atoms with Gasteiger partial charge in [-0.1, -0.05) is 0 Å². The van der Waals surface area contributed by atoms with Crippen molar-refractivity contribution in [3.05, 3.63) is 33.9 Å². The second-order valence-electron chi connectivity index (χ2n) is 7.17. The number of aromatic nitrogens is 2. The molecule has 3 rings (SSSR count). The number of carbonyl (C=O) groups is 1. The van der Waals surface area contributed by atoms with Crippen LogP contribution in [0.25, 0.3) is 10.9 Å². The Hall–Kier alpha value is -2.25. The third-order valence-corrected chi connectivity index (χ3v) is 5.25. The van der Waals surface area contributed by atoms with Gasteiger partial charge in [-0.3, -0.25) is 9.59 Å². The van der Waals surface area contributed by atoms with Crippen LogP contribution in [0, 0.1) is 12.8 Å². The van der Waals surface area contributed by atoms with E-state index in [1.807, 2.05) is 6.92 Å². The minimum atomic E-state index is -4.17. The highest BCUT2D eigenvalue weighted by molar-refractivity contribution is 6.07. The molecule has 2 aromatic rings. The number of amides is 1. The lowest BCUT2D eigenvalue weighted by molar-refractivity contribution is -0.182. The summed E-state index contributed by atoms with van der Waals surface area (Å²) in [5.41, 5.74) is 1.57. The molecule has 26 heavy (non-hydrogen) atoms. The Balaban J connectivity index is 1.83. The first-order valence-electron chi connectivity index (χ1n) is 8.62. The molecule has 0 atom stereocenters. The van der Waals surface area contributed by atoms with Gasteiger partial charge in [0.15, 0.2) is 0 Å². The number of hydrogen-bond acceptors (Lipinski definition) is 2. The smallest absolute Gasteiger partial charge is 0.349 e. The summed E-state index contributed by atoms with van der Waals surface area (Å²) in [4.78, 5) is 25.2. The highest BCUT2D eigenvalue weighted by Crippen LogP contribution is 2.37. The highest BCUT2D eigenvalue weighted by Gasteiger charge is 2.41. The van der Waals surface area contributed by atoms with Crippen molar-refractivity contribution >= 4 is 16.8 Å². The summed E-state index contributed by atoms with van der Waals surface area (Å²) in [6.45, 7) is 1.86. The Morgan fingerprint density at radius 3 is 2.31 bits per heavy atom. The molecule has 1 N–H and O–H groups in total. The number of fused-ring (bicyclic) bond motifs is 1. The first-order chi connectivity index (χ1) is 12.1. The number of hydrogen-bond donors (Lipinski definition) is 1. The van der Waals surface area contributed by atoms with Gasteiger partial charge in [0.1, 0.15) is 0 Å². The molecular formula is C18H22F3N3O2. The zero-order valence-electron chi connectivity index (χ0n) is 15.0. The van der Waals surface area contributed by atoms with E-state index in [1.54, 1.807) is 31.1 Å². The predicted octanol–water partition coefficient (Wildman–Crippen LogP) is 3.04. The molecule has 0 aliphatic heterocycles. The molecule has 1 fully saturated rings. The number of halogens is 3. The average Bonchev–Trinajstić information content (AvgIpc) is 2.90. The van der Waals surface area contributed by atoms with E-state index in [4.69, 9.17) is 0 Å². The molecule has 142 valence electrons. The van der Waals surface area contributed by atoms with Crippen LogP contribution < -0.4 is 10.9 Å². The van der Waals surface area contributed by atoms with Crippen LogP contribution in [0.15, 0.2) is 17.2 Å². The summed E-state index contributed by atoms with van der Waals surface area (Å²) < 4.78 is 41.5. The molecule has 0 saturated heterocycles. The van der Waals surface area contributed by atoms with Crippen molar-refractivity contribution in [2.24, 2.45) is 20.0 Å². The van der Waals surface area contributed by atoms with Gasteiger partial charge in [-0.2, -0.15) is 13.2 Å². The Bertz CT molecular complexity index is 903.